The summed E-state index contributed by atoms with van der Waals surface area (Å²) in [7, 11) is 0. The molecule has 0 aromatic heterocycles. The number of hydrogen-bond donors (Lipinski definition) is 2. The molecule has 0 aliphatic carbocycles. The number of carbonyl (C=O) groups is 2. The monoisotopic (exact) mass is 410 g/mol. The van der Waals surface area contributed by atoms with Crippen molar-refractivity contribution in [1.82, 2.24) is 0 Å². The molecule has 152 valence electrons. The first-order valence-electron chi connectivity index (χ1n) is 9.56. The fourth-order valence-corrected chi connectivity index (χ4v) is 3.19. The van der Waals surface area contributed by atoms with E-state index in [1.807, 2.05) is 0 Å². The zero-order valence-corrected chi connectivity index (χ0v) is 16.4. The van der Waals surface area contributed by atoms with Crippen LogP contribution in [0.5, 0.6) is 23.0 Å². The molecule has 2 N–H and O–H groups in total. The molecule has 5 heteroatoms. The first-order chi connectivity index (χ1) is 15.0. The molecule has 0 saturated carbocycles. The maximum Gasteiger partial charge on any atom is 0.196 e. The van der Waals surface area contributed by atoms with E-state index in [0.717, 1.165) is 0 Å². The Bertz CT molecular complexity index is 1280. The van der Waals surface area contributed by atoms with Gasteiger partial charge in [0, 0.05) is 16.7 Å². The van der Waals surface area contributed by atoms with Gasteiger partial charge in [-0.05, 0) is 48.5 Å². The van der Waals surface area contributed by atoms with Crippen LogP contribution in [0.25, 0.3) is 0 Å². The summed E-state index contributed by atoms with van der Waals surface area (Å²) in [5.41, 5.74) is 1.41. The molecule has 0 aliphatic heterocycles. The number of ether oxygens (including phenoxy) is 1. The van der Waals surface area contributed by atoms with Crippen molar-refractivity contribution in [3.63, 3.8) is 0 Å². The van der Waals surface area contributed by atoms with Crippen LogP contribution in [0.4, 0.5) is 0 Å². The van der Waals surface area contributed by atoms with E-state index in [1.54, 1.807) is 72.8 Å². The van der Waals surface area contributed by atoms with Gasteiger partial charge in [0.25, 0.3) is 0 Å². The lowest BCUT2D eigenvalue weighted by molar-refractivity contribution is 0.102. The molecule has 5 nitrogen and oxygen atoms in total. The second-order valence-electron chi connectivity index (χ2n) is 6.88. The Hall–Kier alpha value is -4.38. The molecule has 4 aromatic rings. The van der Waals surface area contributed by atoms with Crippen molar-refractivity contribution in [3.05, 3.63) is 119 Å². The summed E-state index contributed by atoms with van der Waals surface area (Å²) >= 11 is 0. The smallest absolute Gasteiger partial charge is 0.196 e. The van der Waals surface area contributed by atoms with Gasteiger partial charge >= 0.3 is 0 Å². The predicted octanol–water partition coefficient (Wildman–Crippen LogP) is 5.35. The van der Waals surface area contributed by atoms with Crippen LogP contribution < -0.4 is 4.74 Å². The van der Waals surface area contributed by atoms with E-state index in [1.165, 1.54) is 24.3 Å². The van der Waals surface area contributed by atoms with E-state index in [0.29, 0.717) is 33.8 Å². The van der Waals surface area contributed by atoms with Crippen LogP contribution in [-0.2, 0) is 0 Å². The van der Waals surface area contributed by atoms with Gasteiger partial charge in [-0.15, -0.1) is 0 Å². The molecule has 0 fully saturated rings. The Kier molecular flexibility index (Phi) is 5.49. The lowest BCUT2D eigenvalue weighted by Gasteiger charge is -2.12. The SMILES string of the molecule is O=C(c1cccc(O)c1)c1cccc(Oc2ccccc2C(=O)c2cccc(O)c2)c1. The second kappa shape index (κ2) is 8.55. The lowest BCUT2D eigenvalue weighted by atomic mass is 10.0. The summed E-state index contributed by atoms with van der Waals surface area (Å²) in [5.74, 6) is 0.184. The number of para-hydroxylation sites is 1. The number of carbonyl (C=O) groups excluding carboxylic acids is 2. The maximum atomic E-state index is 12.9. The van der Waals surface area contributed by atoms with Crippen LogP contribution in [0.15, 0.2) is 97.1 Å². The molecule has 0 unspecified atom stereocenters. The molecule has 0 atom stereocenters. The summed E-state index contributed by atoms with van der Waals surface area (Å²) < 4.78 is 5.95. The predicted molar refractivity (Wildman–Crippen MR) is 116 cm³/mol. The molecule has 0 heterocycles. The number of aromatic hydroxyl groups is 2. The normalized spacial score (nSPS) is 10.5. The van der Waals surface area contributed by atoms with E-state index >= 15 is 0 Å². The number of ketones is 2. The fourth-order valence-electron chi connectivity index (χ4n) is 3.19. The number of phenolic OH excluding ortho intramolecular Hbond substituents is 2. The molecule has 0 radical (unpaired) electrons. The number of rotatable bonds is 6. The molecule has 0 aliphatic rings. The third-order valence-electron chi connectivity index (χ3n) is 4.67. The topological polar surface area (TPSA) is 83.8 Å². The molecular weight excluding hydrogens is 392 g/mol. The number of benzene rings is 4. The summed E-state index contributed by atoms with van der Waals surface area (Å²) in [5, 5.41) is 19.3. The lowest BCUT2D eigenvalue weighted by Crippen LogP contribution is -2.04. The summed E-state index contributed by atoms with van der Waals surface area (Å²) in [6, 6.07) is 25.6. The van der Waals surface area contributed by atoms with Crippen molar-refractivity contribution in [2.45, 2.75) is 0 Å². The third kappa shape index (κ3) is 4.46. The van der Waals surface area contributed by atoms with Crippen LogP contribution in [0.2, 0.25) is 0 Å². The van der Waals surface area contributed by atoms with E-state index in [9.17, 15) is 19.8 Å². The van der Waals surface area contributed by atoms with Gasteiger partial charge in [0.1, 0.15) is 23.0 Å². The third-order valence-corrected chi connectivity index (χ3v) is 4.67. The van der Waals surface area contributed by atoms with Crippen LogP contribution >= 0.6 is 0 Å². The van der Waals surface area contributed by atoms with E-state index in [4.69, 9.17) is 4.74 Å². The van der Waals surface area contributed by atoms with Crippen molar-refractivity contribution in [2.75, 3.05) is 0 Å². The van der Waals surface area contributed by atoms with Crippen molar-refractivity contribution >= 4 is 11.6 Å². The Labute approximate surface area is 178 Å². The second-order valence-corrected chi connectivity index (χ2v) is 6.88. The Balaban J connectivity index is 1.63. The van der Waals surface area contributed by atoms with Gasteiger partial charge in [-0.25, -0.2) is 0 Å². The highest BCUT2D eigenvalue weighted by atomic mass is 16.5. The first-order valence-corrected chi connectivity index (χ1v) is 9.56. The van der Waals surface area contributed by atoms with Gasteiger partial charge in [0.05, 0.1) is 5.56 Å². The van der Waals surface area contributed by atoms with Gasteiger partial charge in [-0.3, -0.25) is 9.59 Å². The van der Waals surface area contributed by atoms with E-state index in [-0.39, 0.29) is 23.1 Å². The van der Waals surface area contributed by atoms with Crippen LogP contribution in [-0.4, -0.2) is 21.8 Å². The molecule has 31 heavy (non-hydrogen) atoms. The number of hydrogen-bond acceptors (Lipinski definition) is 5. The van der Waals surface area contributed by atoms with E-state index in [2.05, 4.69) is 0 Å². The van der Waals surface area contributed by atoms with Crippen LogP contribution in [0.3, 0.4) is 0 Å². The molecule has 0 amide bonds. The van der Waals surface area contributed by atoms with Gasteiger partial charge in [-0.1, -0.05) is 48.5 Å². The molecular formula is C26H18O5. The average Bonchev–Trinajstić information content (AvgIpc) is 2.79. The van der Waals surface area contributed by atoms with Crippen LogP contribution in [0, 0.1) is 0 Å². The van der Waals surface area contributed by atoms with Crippen molar-refractivity contribution in [3.8, 4) is 23.0 Å². The average molecular weight is 410 g/mol. The van der Waals surface area contributed by atoms with E-state index < -0.39 is 0 Å². The highest BCUT2D eigenvalue weighted by Gasteiger charge is 2.16. The van der Waals surface area contributed by atoms with Crippen molar-refractivity contribution in [1.29, 1.82) is 0 Å². The van der Waals surface area contributed by atoms with Crippen LogP contribution in [0.1, 0.15) is 31.8 Å². The first kappa shape index (κ1) is 19.9. The molecule has 0 bridgehead atoms. The quantitative estimate of drug-likeness (QED) is 0.419. The maximum absolute atomic E-state index is 12.9. The minimum atomic E-state index is -0.293. The Morgan fingerprint density at radius 2 is 1.13 bits per heavy atom. The number of phenols is 2. The van der Waals surface area contributed by atoms with Gasteiger partial charge in [-0.2, -0.15) is 0 Å². The highest BCUT2D eigenvalue weighted by molar-refractivity contribution is 6.11. The Morgan fingerprint density at radius 3 is 1.77 bits per heavy atom. The van der Waals surface area contributed by atoms with Gasteiger partial charge < -0.3 is 14.9 Å². The minimum absolute atomic E-state index is 0.00223. The van der Waals surface area contributed by atoms with Gasteiger partial charge in [0.15, 0.2) is 11.6 Å². The summed E-state index contributed by atoms with van der Waals surface area (Å²) in [6.45, 7) is 0. The Morgan fingerprint density at radius 1 is 0.581 bits per heavy atom. The van der Waals surface area contributed by atoms with Crippen molar-refractivity contribution < 1.29 is 24.5 Å². The highest BCUT2D eigenvalue weighted by Crippen LogP contribution is 2.29. The molecule has 4 rings (SSSR count). The largest absolute Gasteiger partial charge is 0.508 e. The zero-order valence-electron chi connectivity index (χ0n) is 16.4. The summed E-state index contributed by atoms with van der Waals surface area (Å²) in [6.07, 6.45) is 0. The van der Waals surface area contributed by atoms with Gasteiger partial charge in [0.2, 0.25) is 0 Å². The standard InChI is InChI=1S/C26H18O5/c27-20-9-3-6-17(14-20)25(29)19-8-5-11-22(16-19)31-24-13-2-1-12-23(24)26(30)18-7-4-10-21(28)15-18/h1-16,27-28H. The zero-order chi connectivity index (χ0) is 21.8. The molecule has 0 spiro atoms. The fraction of sp³-hybridized carbons (Fsp3) is 0. The summed E-state index contributed by atoms with van der Waals surface area (Å²) in [4.78, 5) is 25.7. The van der Waals surface area contributed by atoms with Crippen molar-refractivity contribution in [2.24, 2.45) is 0 Å². The molecule has 0 saturated heterocycles. The molecule has 4 aromatic carbocycles. The minimum Gasteiger partial charge on any atom is -0.508 e.